The van der Waals surface area contributed by atoms with Crippen molar-refractivity contribution in [2.45, 2.75) is 0 Å². The van der Waals surface area contributed by atoms with Crippen LogP contribution in [0, 0.1) is 17.1 Å². The summed E-state index contributed by atoms with van der Waals surface area (Å²) in [4.78, 5) is 25.0. The lowest BCUT2D eigenvalue weighted by molar-refractivity contribution is 0.102. The van der Waals surface area contributed by atoms with Crippen LogP contribution in [0.15, 0.2) is 41.3 Å². The van der Waals surface area contributed by atoms with Gasteiger partial charge in [0.1, 0.15) is 11.9 Å². The molecule has 1 amide bonds. The van der Waals surface area contributed by atoms with Gasteiger partial charge in [0.15, 0.2) is 0 Å². The lowest BCUT2D eigenvalue weighted by Gasteiger charge is -2.05. The Hall–Kier alpha value is -2.94. The Labute approximate surface area is 107 Å². The molecule has 2 rings (SSSR count). The quantitative estimate of drug-likeness (QED) is 0.857. The first-order valence-corrected chi connectivity index (χ1v) is 5.30. The molecule has 0 saturated carbocycles. The van der Waals surface area contributed by atoms with E-state index in [1.807, 2.05) is 0 Å². The smallest absolute Gasteiger partial charge is 0.257 e. The minimum atomic E-state index is -0.649. The maximum Gasteiger partial charge on any atom is 0.257 e. The normalized spacial score (nSPS) is 9.68. The summed E-state index contributed by atoms with van der Waals surface area (Å²) in [6.07, 6.45) is 1.27. The summed E-state index contributed by atoms with van der Waals surface area (Å²) in [5.74, 6) is -1.11. The maximum absolute atomic E-state index is 13.1. The topological polar surface area (TPSA) is 85.8 Å². The third-order valence-corrected chi connectivity index (χ3v) is 2.39. The second kappa shape index (κ2) is 5.14. The second-order valence-electron chi connectivity index (χ2n) is 3.70. The molecular weight excluding hydrogens is 249 g/mol. The fourth-order valence-corrected chi connectivity index (χ4v) is 1.44. The molecule has 0 radical (unpaired) electrons. The van der Waals surface area contributed by atoms with Crippen LogP contribution in [0.5, 0.6) is 0 Å². The number of benzene rings is 1. The van der Waals surface area contributed by atoms with Gasteiger partial charge in [-0.2, -0.15) is 5.26 Å². The van der Waals surface area contributed by atoms with Crippen molar-refractivity contribution in [3.63, 3.8) is 0 Å². The number of carbonyl (C=O) groups excluding carboxylic acids is 1. The van der Waals surface area contributed by atoms with Gasteiger partial charge in [0, 0.05) is 18.0 Å². The minimum Gasteiger partial charge on any atom is -0.328 e. The molecule has 2 N–H and O–H groups in total. The SMILES string of the molecule is N#Cc1cc(NC(=O)c2ccc(=O)[nH]c2)ccc1F. The van der Waals surface area contributed by atoms with E-state index in [0.717, 1.165) is 6.07 Å². The first kappa shape index (κ1) is 12.5. The summed E-state index contributed by atoms with van der Waals surface area (Å²) in [6, 6.07) is 7.95. The molecule has 0 saturated heterocycles. The third-order valence-electron chi connectivity index (χ3n) is 2.39. The number of hydrogen-bond donors (Lipinski definition) is 2. The van der Waals surface area contributed by atoms with E-state index >= 15 is 0 Å². The van der Waals surface area contributed by atoms with Gasteiger partial charge in [-0.05, 0) is 24.3 Å². The number of hydrogen-bond acceptors (Lipinski definition) is 3. The van der Waals surface area contributed by atoms with E-state index in [2.05, 4.69) is 10.3 Å². The molecule has 0 fully saturated rings. The summed E-state index contributed by atoms with van der Waals surface area (Å²) < 4.78 is 13.1. The molecule has 0 bridgehead atoms. The Balaban J connectivity index is 2.22. The minimum absolute atomic E-state index is 0.153. The summed E-state index contributed by atoms with van der Waals surface area (Å²) in [5.41, 5.74) is 0.0842. The summed E-state index contributed by atoms with van der Waals surface area (Å²) in [6.45, 7) is 0. The highest BCUT2D eigenvalue weighted by molar-refractivity contribution is 6.04. The number of halogens is 1. The van der Waals surface area contributed by atoms with Crippen molar-refractivity contribution in [1.82, 2.24) is 4.98 Å². The number of rotatable bonds is 2. The molecule has 0 aliphatic carbocycles. The van der Waals surface area contributed by atoms with Gasteiger partial charge < -0.3 is 10.3 Å². The Morgan fingerprint density at radius 3 is 2.74 bits per heavy atom. The van der Waals surface area contributed by atoms with E-state index in [9.17, 15) is 14.0 Å². The number of nitriles is 1. The Morgan fingerprint density at radius 1 is 1.32 bits per heavy atom. The summed E-state index contributed by atoms with van der Waals surface area (Å²) in [5, 5.41) is 11.2. The standard InChI is InChI=1S/C13H8FN3O2/c14-11-3-2-10(5-9(11)6-15)17-13(19)8-1-4-12(18)16-7-8/h1-5,7H,(H,16,18)(H,17,19). The number of H-pyrrole nitrogens is 1. The molecule has 2 aromatic rings. The van der Waals surface area contributed by atoms with Crippen LogP contribution in [-0.4, -0.2) is 10.9 Å². The molecule has 94 valence electrons. The maximum atomic E-state index is 13.1. The zero-order chi connectivity index (χ0) is 13.8. The molecule has 1 aromatic carbocycles. The van der Waals surface area contributed by atoms with Crippen molar-refractivity contribution in [3.8, 4) is 6.07 Å². The molecule has 0 spiro atoms. The van der Waals surface area contributed by atoms with Gasteiger partial charge in [-0.3, -0.25) is 9.59 Å². The van der Waals surface area contributed by atoms with E-state index in [4.69, 9.17) is 5.26 Å². The van der Waals surface area contributed by atoms with E-state index in [0.29, 0.717) is 5.69 Å². The number of aromatic amines is 1. The number of carbonyl (C=O) groups is 1. The predicted molar refractivity (Wildman–Crippen MR) is 66.1 cm³/mol. The average molecular weight is 257 g/mol. The molecule has 0 aliphatic heterocycles. The van der Waals surface area contributed by atoms with E-state index < -0.39 is 11.7 Å². The van der Waals surface area contributed by atoms with Crippen molar-refractivity contribution in [2.75, 3.05) is 5.32 Å². The zero-order valence-corrected chi connectivity index (χ0v) is 9.61. The van der Waals surface area contributed by atoms with Crippen molar-refractivity contribution in [1.29, 1.82) is 5.26 Å². The Bertz CT molecular complexity index is 711. The van der Waals surface area contributed by atoms with E-state index in [1.165, 1.54) is 30.5 Å². The third kappa shape index (κ3) is 2.84. The van der Waals surface area contributed by atoms with Gasteiger partial charge in [0.25, 0.3) is 5.91 Å². The number of amides is 1. The first-order chi connectivity index (χ1) is 9.10. The lowest BCUT2D eigenvalue weighted by atomic mass is 10.2. The zero-order valence-electron chi connectivity index (χ0n) is 9.61. The molecule has 0 unspecified atom stereocenters. The number of aromatic nitrogens is 1. The van der Waals surface area contributed by atoms with Crippen LogP contribution in [0.2, 0.25) is 0 Å². The highest BCUT2D eigenvalue weighted by atomic mass is 19.1. The fourth-order valence-electron chi connectivity index (χ4n) is 1.44. The van der Waals surface area contributed by atoms with Crippen LogP contribution in [0.4, 0.5) is 10.1 Å². The monoisotopic (exact) mass is 257 g/mol. The Morgan fingerprint density at radius 2 is 2.11 bits per heavy atom. The van der Waals surface area contributed by atoms with Gasteiger partial charge in [-0.25, -0.2) is 4.39 Å². The molecule has 1 heterocycles. The summed E-state index contributed by atoms with van der Waals surface area (Å²) in [7, 11) is 0. The van der Waals surface area contributed by atoms with Crippen LogP contribution < -0.4 is 10.9 Å². The lowest BCUT2D eigenvalue weighted by Crippen LogP contribution is -2.14. The van der Waals surface area contributed by atoms with Crippen LogP contribution in [0.3, 0.4) is 0 Å². The number of nitrogens with zero attached hydrogens (tertiary/aromatic N) is 1. The second-order valence-corrected chi connectivity index (χ2v) is 3.70. The van der Waals surface area contributed by atoms with Crippen LogP contribution >= 0.6 is 0 Å². The average Bonchev–Trinajstić information content (AvgIpc) is 2.41. The van der Waals surface area contributed by atoms with Gasteiger partial charge in [0.2, 0.25) is 5.56 Å². The van der Waals surface area contributed by atoms with E-state index in [1.54, 1.807) is 6.07 Å². The predicted octanol–water partition coefficient (Wildman–Crippen LogP) is 1.64. The van der Waals surface area contributed by atoms with Crippen molar-refractivity contribution < 1.29 is 9.18 Å². The molecule has 19 heavy (non-hydrogen) atoms. The molecule has 0 aliphatic rings. The summed E-state index contributed by atoms with van der Waals surface area (Å²) >= 11 is 0. The highest BCUT2D eigenvalue weighted by Crippen LogP contribution is 2.14. The molecule has 6 heteroatoms. The van der Waals surface area contributed by atoms with Crippen LogP contribution in [0.25, 0.3) is 0 Å². The number of anilines is 1. The molecule has 0 atom stereocenters. The molecule has 1 aromatic heterocycles. The number of nitrogens with one attached hydrogen (secondary N) is 2. The molecule has 5 nitrogen and oxygen atoms in total. The van der Waals surface area contributed by atoms with Crippen molar-refractivity contribution in [2.24, 2.45) is 0 Å². The van der Waals surface area contributed by atoms with E-state index in [-0.39, 0.29) is 16.7 Å². The Kier molecular flexibility index (Phi) is 3.39. The van der Waals surface area contributed by atoms with Crippen LogP contribution in [-0.2, 0) is 0 Å². The van der Waals surface area contributed by atoms with Crippen molar-refractivity contribution >= 4 is 11.6 Å². The first-order valence-electron chi connectivity index (χ1n) is 5.30. The number of pyridine rings is 1. The van der Waals surface area contributed by atoms with Gasteiger partial charge in [0.05, 0.1) is 11.1 Å². The largest absolute Gasteiger partial charge is 0.328 e. The van der Waals surface area contributed by atoms with Gasteiger partial charge in [-0.15, -0.1) is 0 Å². The van der Waals surface area contributed by atoms with Gasteiger partial charge in [-0.1, -0.05) is 0 Å². The van der Waals surface area contributed by atoms with Gasteiger partial charge >= 0.3 is 0 Å². The molecular formula is C13H8FN3O2. The van der Waals surface area contributed by atoms with Crippen LogP contribution in [0.1, 0.15) is 15.9 Å². The van der Waals surface area contributed by atoms with Crippen molar-refractivity contribution in [3.05, 3.63) is 63.8 Å². The highest BCUT2D eigenvalue weighted by Gasteiger charge is 2.08. The fraction of sp³-hybridized carbons (Fsp3) is 0.